The van der Waals surface area contributed by atoms with Gasteiger partial charge < -0.3 is 5.11 Å². The molecule has 4 aromatic carbocycles. The van der Waals surface area contributed by atoms with E-state index in [-0.39, 0.29) is 11.3 Å². The Bertz CT molecular complexity index is 985. The predicted molar refractivity (Wildman–Crippen MR) is 88.5 cm³/mol. The van der Waals surface area contributed by atoms with Crippen LogP contribution in [-0.2, 0) is 0 Å². The molecule has 0 radical (unpaired) electrons. The molecule has 1 nitrogen and oxygen atoms in total. The predicted octanol–water partition coefficient (Wildman–Crippen LogP) is 5.50. The smallest absolute Gasteiger partial charge is 0.134 e. The number of phenols is 1. The number of aromatic hydroxyl groups is 1. The molecule has 0 aromatic heterocycles. The molecule has 106 valence electrons. The second-order valence-corrected chi connectivity index (χ2v) is 5.32. The van der Waals surface area contributed by atoms with Crippen molar-refractivity contribution in [3.63, 3.8) is 0 Å². The van der Waals surface area contributed by atoms with Crippen molar-refractivity contribution >= 4 is 21.5 Å². The molecule has 1 N–H and O–H groups in total. The van der Waals surface area contributed by atoms with Crippen LogP contribution in [-0.4, -0.2) is 5.11 Å². The molecule has 2 heteroatoms. The van der Waals surface area contributed by atoms with E-state index in [1.807, 2.05) is 42.5 Å². The minimum Gasteiger partial charge on any atom is -0.507 e. The van der Waals surface area contributed by atoms with Gasteiger partial charge in [0.05, 0.1) is 5.56 Å². The maximum absolute atomic E-state index is 14.2. The van der Waals surface area contributed by atoms with E-state index >= 15 is 0 Å². The van der Waals surface area contributed by atoms with Crippen LogP contribution in [0.2, 0.25) is 0 Å². The van der Waals surface area contributed by atoms with E-state index in [4.69, 9.17) is 0 Å². The maximum Gasteiger partial charge on any atom is 0.134 e. The monoisotopic (exact) mass is 288 g/mol. The summed E-state index contributed by atoms with van der Waals surface area (Å²) in [6.45, 7) is 0. The lowest BCUT2D eigenvalue weighted by Gasteiger charge is -2.11. The number of hydrogen-bond acceptors (Lipinski definition) is 1. The Morgan fingerprint density at radius 3 is 2.27 bits per heavy atom. The zero-order valence-electron chi connectivity index (χ0n) is 11.8. The van der Waals surface area contributed by atoms with Gasteiger partial charge in [0.1, 0.15) is 11.6 Å². The summed E-state index contributed by atoms with van der Waals surface area (Å²) in [6, 6.07) is 22.3. The van der Waals surface area contributed by atoms with E-state index in [0.717, 1.165) is 21.5 Å². The van der Waals surface area contributed by atoms with Gasteiger partial charge in [-0.05, 0) is 39.2 Å². The molecule has 0 amide bonds. The fraction of sp³-hybridized carbons (Fsp3) is 0. The van der Waals surface area contributed by atoms with E-state index in [2.05, 4.69) is 12.1 Å². The van der Waals surface area contributed by atoms with Crippen molar-refractivity contribution in [2.24, 2.45) is 0 Å². The zero-order valence-corrected chi connectivity index (χ0v) is 11.8. The highest BCUT2D eigenvalue weighted by Crippen LogP contribution is 2.38. The van der Waals surface area contributed by atoms with Crippen molar-refractivity contribution in [2.75, 3.05) is 0 Å². The van der Waals surface area contributed by atoms with Crippen molar-refractivity contribution in [2.45, 2.75) is 0 Å². The molecule has 0 unspecified atom stereocenters. The topological polar surface area (TPSA) is 20.2 Å². The lowest BCUT2D eigenvalue weighted by molar-refractivity contribution is 0.472. The molecular formula is C20H13FO. The Morgan fingerprint density at radius 2 is 1.41 bits per heavy atom. The number of hydrogen-bond donors (Lipinski definition) is 1. The molecule has 0 heterocycles. The van der Waals surface area contributed by atoms with Crippen LogP contribution in [0, 0.1) is 5.82 Å². The van der Waals surface area contributed by atoms with Crippen LogP contribution >= 0.6 is 0 Å². The van der Waals surface area contributed by atoms with Crippen LogP contribution in [0.1, 0.15) is 0 Å². The van der Waals surface area contributed by atoms with Gasteiger partial charge in [0.15, 0.2) is 0 Å². The minimum atomic E-state index is -0.416. The van der Waals surface area contributed by atoms with Gasteiger partial charge in [-0.15, -0.1) is 0 Å². The molecule has 4 rings (SSSR count). The first-order valence-corrected chi connectivity index (χ1v) is 7.14. The van der Waals surface area contributed by atoms with E-state index in [0.29, 0.717) is 5.56 Å². The molecule has 0 aliphatic heterocycles. The number of rotatable bonds is 1. The van der Waals surface area contributed by atoms with E-state index in [1.54, 1.807) is 0 Å². The van der Waals surface area contributed by atoms with Crippen LogP contribution in [0.3, 0.4) is 0 Å². The first-order valence-electron chi connectivity index (χ1n) is 7.14. The summed E-state index contributed by atoms with van der Waals surface area (Å²) in [5.74, 6) is -0.457. The van der Waals surface area contributed by atoms with E-state index < -0.39 is 5.82 Å². The normalized spacial score (nSPS) is 11.1. The second kappa shape index (κ2) is 4.85. The average Bonchev–Trinajstić information content (AvgIpc) is 2.54. The van der Waals surface area contributed by atoms with Crippen LogP contribution in [0.5, 0.6) is 5.75 Å². The summed E-state index contributed by atoms with van der Waals surface area (Å²) in [5.41, 5.74) is 0.960. The van der Waals surface area contributed by atoms with Gasteiger partial charge in [-0.25, -0.2) is 4.39 Å². The molecular weight excluding hydrogens is 275 g/mol. The number of halogens is 1. The molecule has 0 spiro atoms. The standard InChI is InChI=1S/C20H13FO/c21-18-9-4-10-19(22)20(18)17-8-3-7-15-14-6-2-1-5-13(14)11-12-16(15)17/h1-12,22H. The Morgan fingerprint density at radius 1 is 0.636 bits per heavy atom. The quantitative estimate of drug-likeness (QED) is 0.458. The first-order chi connectivity index (χ1) is 10.8. The van der Waals surface area contributed by atoms with Gasteiger partial charge in [-0.2, -0.15) is 0 Å². The Balaban J connectivity index is 2.14. The fourth-order valence-corrected chi connectivity index (χ4v) is 3.04. The summed E-state index contributed by atoms with van der Waals surface area (Å²) in [7, 11) is 0. The highest BCUT2D eigenvalue weighted by atomic mass is 19.1. The summed E-state index contributed by atoms with van der Waals surface area (Å²) in [5, 5.41) is 14.3. The van der Waals surface area contributed by atoms with Crippen molar-refractivity contribution in [3.05, 3.63) is 78.6 Å². The Kier molecular flexibility index (Phi) is 2.83. The molecule has 0 fully saturated rings. The summed E-state index contributed by atoms with van der Waals surface area (Å²) in [6.07, 6.45) is 0. The summed E-state index contributed by atoms with van der Waals surface area (Å²) < 4.78 is 14.2. The Hall–Kier alpha value is -2.87. The third kappa shape index (κ3) is 1.85. The maximum atomic E-state index is 14.2. The number of phenolic OH excluding ortho intramolecular Hbond substituents is 1. The van der Waals surface area contributed by atoms with Crippen LogP contribution in [0.25, 0.3) is 32.7 Å². The molecule has 0 bridgehead atoms. The lowest BCUT2D eigenvalue weighted by atomic mass is 9.94. The molecule has 4 aromatic rings. The highest BCUT2D eigenvalue weighted by molar-refractivity contribution is 6.12. The Labute approximate surface area is 127 Å². The largest absolute Gasteiger partial charge is 0.507 e. The van der Waals surface area contributed by atoms with Crippen molar-refractivity contribution in [3.8, 4) is 16.9 Å². The average molecular weight is 288 g/mol. The molecule has 22 heavy (non-hydrogen) atoms. The zero-order chi connectivity index (χ0) is 15.1. The number of fused-ring (bicyclic) bond motifs is 3. The van der Waals surface area contributed by atoms with Crippen molar-refractivity contribution in [1.29, 1.82) is 0 Å². The van der Waals surface area contributed by atoms with Gasteiger partial charge in [-0.1, -0.05) is 60.7 Å². The van der Waals surface area contributed by atoms with Gasteiger partial charge in [0, 0.05) is 0 Å². The van der Waals surface area contributed by atoms with Crippen LogP contribution in [0.4, 0.5) is 4.39 Å². The third-order valence-electron chi connectivity index (χ3n) is 4.05. The molecule has 0 atom stereocenters. The van der Waals surface area contributed by atoms with Crippen LogP contribution < -0.4 is 0 Å². The van der Waals surface area contributed by atoms with Crippen LogP contribution in [0.15, 0.2) is 72.8 Å². The van der Waals surface area contributed by atoms with Crippen molar-refractivity contribution in [1.82, 2.24) is 0 Å². The second-order valence-electron chi connectivity index (χ2n) is 5.32. The number of benzene rings is 4. The van der Waals surface area contributed by atoms with Gasteiger partial charge in [0.2, 0.25) is 0 Å². The van der Waals surface area contributed by atoms with Gasteiger partial charge in [-0.3, -0.25) is 0 Å². The first kappa shape index (κ1) is 12.8. The summed E-state index contributed by atoms with van der Waals surface area (Å²) >= 11 is 0. The molecule has 0 aliphatic carbocycles. The van der Waals surface area contributed by atoms with Gasteiger partial charge >= 0.3 is 0 Å². The van der Waals surface area contributed by atoms with E-state index in [1.165, 1.54) is 18.2 Å². The van der Waals surface area contributed by atoms with E-state index in [9.17, 15) is 9.50 Å². The summed E-state index contributed by atoms with van der Waals surface area (Å²) in [4.78, 5) is 0. The van der Waals surface area contributed by atoms with Gasteiger partial charge in [0.25, 0.3) is 0 Å². The molecule has 0 aliphatic rings. The fourth-order valence-electron chi connectivity index (χ4n) is 3.04. The third-order valence-corrected chi connectivity index (χ3v) is 4.05. The van der Waals surface area contributed by atoms with Crippen molar-refractivity contribution < 1.29 is 9.50 Å². The highest BCUT2D eigenvalue weighted by Gasteiger charge is 2.13. The molecule has 0 saturated carbocycles. The lowest BCUT2D eigenvalue weighted by Crippen LogP contribution is -1.87. The minimum absolute atomic E-state index is 0.0411. The SMILES string of the molecule is Oc1cccc(F)c1-c1cccc2c1ccc1ccccc12. The molecule has 0 saturated heterocycles.